The van der Waals surface area contributed by atoms with Crippen LogP contribution in [0.3, 0.4) is 0 Å². The third-order valence-electron chi connectivity index (χ3n) is 4.00. The molecule has 0 amide bonds. The van der Waals surface area contributed by atoms with E-state index < -0.39 is 0 Å². The van der Waals surface area contributed by atoms with Gasteiger partial charge >= 0.3 is 0 Å². The summed E-state index contributed by atoms with van der Waals surface area (Å²) in [6.45, 7) is 5.50. The number of furan rings is 1. The van der Waals surface area contributed by atoms with E-state index in [1.54, 1.807) is 0 Å². The monoisotopic (exact) mass is 275 g/mol. The molecule has 3 heteroatoms. The van der Waals surface area contributed by atoms with Crippen LogP contribution in [-0.4, -0.2) is 17.0 Å². The van der Waals surface area contributed by atoms with E-state index in [0.717, 1.165) is 17.9 Å². The van der Waals surface area contributed by atoms with Crippen LogP contribution in [0, 0.1) is 0 Å². The number of hydrogen-bond donors (Lipinski definition) is 1. The molecule has 19 heavy (non-hydrogen) atoms. The van der Waals surface area contributed by atoms with Gasteiger partial charge in [-0.25, -0.2) is 0 Å². The maximum Gasteiger partial charge on any atom is 0.134 e. The Morgan fingerprint density at radius 2 is 2.26 bits per heavy atom. The topological polar surface area (TPSA) is 25.2 Å². The van der Waals surface area contributed by atoms with Crippen molar-refractivity contribution < 1.29 is 4.42 Å². The molecule has 2 unspecified atom stereocenters. The van der Waals surface area contributed by atoms with Gasteiger partial charge < -0.3 is 9.73 Å². The zero-order chi connectivity index (χ0) is 13.3. The average molecular weight is 275 g/mol. The summed E-state index contributed by atoms with van der Waals surface area (Å²) in [6.07, 6.45) is 2.57. The standard InChI is InChI=1S/C16H21NOS/c1-3-17-15(16(2)9-6-10-19-16)14-11-12-7-4-5-8-13(12)18-14/h4-5,7-8,11,15,17H,3,6,9-10H2,1-2H3. The van der Waals surface area contributed by atoms with Gasteiger partial charge in [0.15, 0.2) is 0 Å². The Hall–Kier alpha value is -0.930. The van der Waals surface area contributed by atoms with Crippen LogP contribution in [0.15, 0.2) is 34.7 Å². The fourth-order valence-corrected chi connectivity index (χ4v) is 4.40. The quantitative estimate of drug-likeness (QED) is 0.897. The van der Waals surface area contributed by atoms with E-state index in [9.17, 15) is 0 Å². The average Bonchev–Trinajstić information content (AvgIpc) is 3.02. The molecule has 1 aromatic heterocycles. The Bertz CT molecular complexity index is 524. The van der Waals surface area contributed by atoms with Gasteiger partial charge in [-0.15, -0.1) is 0 Å². The molecule has 2 atom stereocenters. The summed E-state index contributed by atoms with van der Waals surface area (Å²) in [4.78, 5) is 0. The summed E-state index contributed by atoms with van der Waals surface area (Å²) >= 11 is 2.07. The summed E-state index contributed by atoms with van der Waals surface area (Å²) in [7, 11) is 0. The Morgan fingerprint density at radius 3 is 2.95 bits per heavy atom. The number of benzene rings is 1. The molecule has 1 fully saturated rings. The molecule has 0 spiro atoms. The van der Waals surface area contributed by atoms with Gasteiger partial charge in [0.05, 0.1) is 6.04 Å². The number of para-hydroxylation sites is 1. The Kier molecular flexibility index (Phi) is 3.59. The van der Waals surface area contributed by atoms with Crippen molar-refractivity contribution in [1.29, 1.82) is 0 Å². The van der Waals surface area contributed by atoms with E-state index >= 15 is 0 Å². The lowest BCUT2D eigenvalue weighted by Crippen LogP contribution is -2.37. The summed E-state index contributed by atoms with van der Waals surface area (Å²) in [6, 6.07) is 10.8. The third-order valence-corrected chi connectivity index (χ3v) is 5.59. The molecule has 2 aromatic rings. The zero-order valence-electron chi connectivity index (χ0n) is 11.6. The highest BCUT2D eigenvalue weighted by molar-refractivity contribution is 8.00. The molecule has 0 saturated carbocycles. The van der Waals surface area contributed by atoms with Crippen molar-refractivity contribution in [3.8, 4) is 0 Å². The Labute approximate surface area is 118 Å². The minimum Gasteiger partial charge on any atom is -0.459 e. The molecular formula is C16H21NOS. The van der Waals surface area contributed by atoms with E-state index in [1.165, 1.54) is 24.0 Å². The molecule has 0 bridgehead atoms. The maximum absolute atomic E-state index is 6.08. The molecule has 0 aliphatic carbocycles. The van der Waals surface area contributed by atoms with Gasteiger partial charge in [0.2, 0.25) is 0 Å². The first-order chi connectivity index (χ1) is 9.23. The lowest BCUT2D eigenvalue weighted by molar-refractivity contribution is 0.360. The number of nitrogens with one attached hydrogen (secondary N) is 1. The number of rotatable bonds is 4. The van der Waals surface area contributed by atoms with E-state index in [4.69, 9.17) is 4.42 Å². The van der Waals surface area contributed by atoms with Crippen molar-refractivity contribution in [3.05, 3.63) is 36.1 Å². The molecule has 1 aliphatic heterocycles. The van der Waals surface area contributed by atoms with Crippen LogP contribution in [-0.2, 0) is 0 Å². The zero-order valence-corrected chi connectivity index (χ0v) is 12.4. The van der Waals surface area contributed by atoms with Crippen LogP contribution < -0.4 is 5.32 Å². The highest BCUT2D eigenvalue weighted by atomic mass is 32.2. The first kappa shape index (κ1) is 13.1. The van der Waals surface area contributed by atoms with E-state index in [0.29, 0.717) is 6.04 Å². The van der Waals surface area contributed by atoms with Gasteiger partial charge in [-0.3, -0.25) is 0 Å². The second-order valence-corrected chi connectivity index (χ2v) is 7.07. The summed E-state index contributed by atoms with van der Waals surface area (Å²) in [5.74, 6) is 2.35. The smallest absolute Gasteiger partial charge is 0.134 e. The van der Waals surface area contributed by atoms with Gasteiger partial charge in [0.1, 0.15) is 11.3 Å². The summed E-state index contributed by atoms with van der Waals surface area (Å²) in [5, 5.41) is 4.83. The van der Waals surface area contributed by atoms with Crippen molar-refractivity contribution in [3.63, 3.8) is 0 Å². The lowest BCUT2D eigenvalue weighted by Gasteiger charge is -2.32. The van der Waals surface area contributed by atoms with Crippen molar-refractivity contribution in [2.24, 2.45) is 0 Å². The van der Waals surface area contributed by atoms with Crippen LogP contribution in [0.2, 0.25) is 0 Å². The van der Waals surface area contributed by atoms with Crippen LogP contribution in [0.4, 0.5) is 0 Å². The van der Waals surface area contributed by atoms with Gasteiger partial charge in [0, 0.05) is 10.1 Å². The van der Waals surface area contributed by atoms with E-state index in [-0.39, 0.29) is 4.75 Å². The molecule has 3 rings (SSSR count). The first-order valence-electron chi connectivity index (χ1n) is 7.09. The number of thioether (sulfide) groups is 1. The largest absolute Gasteiger partial charge is 0.459 e. The molecule has 1 saturated heterocycles. The predicted molar refractivity (Wildman–Crippen MR) is 82.7 cm³/mol. The molecular weight excluding hydrogens is 254 g/mol. The van der Waals surface area contributed by atoms with Crippen molar-refractivity contribution >= 4 is 22.7 Å². The SMILES string of the molecule is CCNC(c1cc2ccccc2o1)C1(C)CCCS1. The van der Waals surface area contributed by atoms with Crippen molar-refractivity contribution in [2.75, 3.05) is 12.3 Å². The lowest BCUT2D eigenvalue weighted by atomic mass is 9.94. The number of hydrogen-bond acceptors (Lipinski definition) is 3. The fraction of sp³-hybridized carbons (Fsp3) is 0.500. The Balaban J connectivity index is 1.99. The highest BCUT2D eigenvalue weighted by Gasteiger charge is 2.40. The number of fused-ring (bicyclic) bond motifs is 1. The maximum atomic E-state index is 6.08. The first-order valence-corrected chi connectivity index (χ1v) is 8.07. The predicted octanol–water partition coefficient (Wildman–Crippen LogP) is 4.37. The summed E-state index contributed by atoms with van der Waals surface area (Å²) < 4.78 is 6.34. The minimum absolute atomic E-state index is 0.254. The minimum atomic E-state index is 0.254. The van der Waals surface area contributed by atoms with Crippen molar-refractivity contribution in [2.45, 2.75) is 37.5 Å². The molecule has 2 heterocycles. The van der Waals surface area contributed by atoms with Crippen molar-refractivity contribution in [1.82, 2.24) is 5.32 Å². The third kappa shape index (κ3) is 2.41. The molecule has 1 aromatic carbocycles. The summed E-state index contributed by atoms with van der Waals surface area (Å²) in [5.41, 5.74) is 0.993. The van der Waals surface area contributed by atoms with Crippen LogP contribution in [0.1, 0.15) is 38.5 Å². The fourth-order valence-electron chi connectivity index (χ4n) is 2.99. The van der Waals surface area contributed by atoms with Crippen LogP contribution in [0.25, 0.3) is 11.0 Å². The molecule has 2 nitrogen and oxygen atoms in total. The van der Waals surface area contributed by atoms with E-state index in [2.05, 4.69) is 49.1 Å². The second kappa shape index (κ2) is 5.22. The Morgan fingerprint density at radius 1 is 1.42 bits per heavy atom. The normalized spacial score (nSPS) is 24.9. The van der Waals surface area contributed by atoms with Crippen LogP contribution in [0.5, 0.6) is 0 Å². The van der Waals surface area contributed by atoms with Gasteiger partial charge in [-0.05, 0) is 44.2 Å². The van der Waals surface area contributed by atoms with Gasteiger partial charge in [0.25, 0.3) is 0 Å². The van der Waals surface area contributed by atoms with Gasteiger partial charge in [-0.1, -0.05) is 25.1 Å². The molecule has 102 valence electrons. The van der Waals surface area contributed by atoms with Gasteiger partial charge in [-0.2, -0.15) is 11.8 Å². The van der Waals surface area contributed by atoms with E-state index in [1.807, 2.05) is 12.1 Å². The molecule has 1 aliphatic rings. The highest BCUT2D eigenvalue weighted by Crippen LogP contribution is 2.47. The second-order valence-electron chi connectivity index (χ2n) is 5.44. The molecule has 0 radical (unpaired) electrons. The molecule has 1 N–H and O–H groups in total. The van der Waals surface area contributed by atoms with Crippen LogP contribution >= 0.6 is 11.8 Å².